The van der Waals surface area contributed by atoms with Crippen molar-refractivity contribution in [2.45, 2.75) is 10.5 Å². The minimum Gasteiger partial charge on any atom is -0.289 e. The third kappa shape index (κ3) is 0.894. The molecule has 54 valence electrons. The summed E-state index contributed by atoms with van der Waals surface area (Å²) in [6.45, 7) is 0. The molecule has 0 spiro atoms. The lowest BCUT2D eigenvalue weighted by molar-refractivity contribution is -0.140. The quantitative estimate of drug-likeness (QED) is 0.379. The summed E-state index contributed by atoms with van der Waals surface area (Å²) in [5.41, 5.74) is 0. The van der Waals surface area contributed by atoms with E-state index in [0.29, 0.717) is 0 Å². The Morgan fingerprint density at radius 1 is 0.900 bits per heavy atom. The number of Topliss-reactive ketones (excluding diaryl/α,β-unsaturated/α-hetero) is 3. The molecule has 0 aromatic heterocycles. The first-order valence-electron chi connectivity index (χ1n) is 2.54. The molecule has 2 unspecified atom stereocenters. The first-order valence-corrected chi connectivity index (χ1v) is 3.57. The molecule has 3 nitrogen and oxygen atoms in total. The molecule has 0 aromatic rings. The molecule has 2 atom stereocenters. The second-order valence-electron chi connectivity index (χ2n) is 1.95. The van der Waals surface area contributed by atoms with Crippen LogP contribution in [0, 0.1) is 0 Å². The lowest BCUT2D eigenvalue weighted by atomic mass is 10.3. The largest absolute Gasteiger partial charge is 0.289 e. The van der Waals surface area contributed by atoms with Gasteiger partial charge < -0.3 is 0 Å². The fraction of sp³-hybridized carbons (Fsp3) is 0.400. The van der Waals surface area contributed by atoms with Crippen molar-refractivity contribution in [2.75, 3.05) is 0 Å². The van der Waals surface area contributed by atoms with Crippen molar-refractivity contribution in [2.24, 2.45) is 0 Å². The summed E-state index contributed by atoms with van der Waals surface area (Å²) in [5, 5.41) is -1.69. The molecule has 10 heavy (non-hydrogen) atoms. The maximum absolute atomic E-state index is 10.6. The summed E-state index contributed by atoms with van der Waals surface area (Å²) in [7, 11) is 0. The fourth-order valence-corrected chi connectivity index (χ4v) is 1.18. The van der Waals surface area contributed by atoms with E-state index in [0.717, 1.165) is 0 Å². The number of hydrogen-bond acceptors (Lipinski definition) is 5. The molecule has 0 radical (unpaired) electrons. The summed E-state index contributed by atoms with van der Waals surface area (Å²) >= 11 is 7.47. The van der Waals surface area contributed by atoms with E-state index < -0.39 is 27.8 Å². The Kier molecular flexibility index (Phi) is 1.87. The van der Waals surface area contributed by atoms with Crippen LogP contribution in [-0.2, 0) is 14.4 Å². The van der Waals surface area contributed by atoms with Crippen molar-refractivity contribution in [3.05, 3.63) is 0 Å². The third-order valence-corrected chi connectivity index (χ3v) is 2.58. The second kappa shape index (κ2) is 2.39. The molecular weight excluding hydrogens is 172 g/mol. The van der Waals surface area contributed by atoms with Gasteiger partial charge in [-0.25, -0.2) is 0 Å². The van der Waals surface area contributed by atoms with Gasteiger partial charge in [0.15, 0.2) is 0 Å². The van der Waals surface area contributed by atoms with Crippen LogP contribution in [0.25, 0.3) is 0 Å². The van der Waals surface area contributed by atoms with Crippen LogP contribution in [0.2, 0.25) is 0 Å². The van der Waals surface area contributed by atoms with Crippen molar-refractivity contribution in [1.82, 2.24) is 0 Å². The SMILES string of the molecule is O=C1C(=O)C(S)C(S)C1=O. The number of ketones is 3. The van der Waals surface area contributed by atoms with Gasteiger partial charge in [0.05, 0.1) is 10.5 Å². The highest BCUT2D eigenvalue weighted by molar-refractivity contribution is 7.87. The van der Waals surface area contributed by atoms with Crippen LogP contribution in [0.3, 0.4) is 0 Å². The minimum absolute atomic E-state index is 0.742. The van der Waals surface area contributed by atoms with E-state index in [2.05, 4.69) is 25.3 Å². The van der Waals surface area contributed by atoms with Gasteiger partial charge >= 0.3 is 0 Å². The van der Waals surface area contributed by atoms with Gasteiger partial charge in [0.25, 0.3) is 5.78 Å². The topological polar surface area (TPSA) is 51.2 Å². The number of thiol groups is 2. The summed E-state index contributed by atoms with van der Waals surface area (Å²) in [6, 6.07) is 0. The van der Waals surface area contributed by atoms with Gasteiger partial charge in [-0.05, 0) is 0 Å². The molecule has 1 saturated carbocycles. The Morgan fingerprint density at radius 3 is 1.30 bits per heavy atom. The van der Waals surface area contributed by atoms with Gasteiger partial charge in [-0.3, -0.25) is 14.4 Å². The predicted molar refractivity (Wildman–Crippen MR) is 40.6 cm³/mol. The molecule has 0 saturated heterocycles. The Hall–Kier alpha value is -0.290. The van der Waals surface area contributed by atoms with Gasteiger partial charge in [-0.2, -0.15) is 25.3 Å². The van der Waals surface area contributed by atoms with Gasteiger partial charge in [0.1, 0.15) is 0 Å². The molecule has 0 heterocycles. The molecule has 1 aliphatic carbocycles. The van der Waals surface area contributed by atoms with Crippen molar-refractivity contribution in [3.63, 3.8) is 0 Å². The molecular formula is C5H4O3S2. The smallest absolute Gasteiger partial charge is 0.266 e. The third-order valence-electron chi connectivity index (χ3n) is 1.28. The van der Waals surface area contributed by atoms with Crippen molar-refractivity contribution < 1.29 is 14.4 Å². The van der Waals surface area contributed by atoms with Crippen molar-refractivity contribution in [3.8, 4) is 0 Å². The van der Waals surface area contributed by atoms with Crippen molar-refractivity contribution in [1.29, 1.82) is 0 Å². The van der Waals surface area contributed by atoms with E-state index in [1.807, 2.05) is 0 Å². The molecule has 0 bridgehead atoms. The van der Waals surface area contributed by atoms with E-state index >= 15 is 0 Å². The lowest BCUT2D eigenvalue weighted by Gasteiger charge is -1.98. The number of hydrogen-bond donors (Lipinski definition) is 2. The standard InChI is InChI=1S/C5H4O3S2/c6-1-2(7)4(9)5(10)3(1)8/h4-5,9-10H. The highest BCUT2D eigenvalue weighted by Crippen LogP contribution is 2.19. The molecule has 0 aliphatic heterocycles. The zero-order valence-corrected chi connectivity index (χ0v) is 6.56. The van der Waals surface area contributed by atoms with Gasteiger partial charge in [-0.1, -0.05) is 0 Å². The maximum Gasteiger partial charge on any atom is 0.266 e. The highest BCUT2D eigenvalue weighted by atomic mass is 32.1. The Labute approximate surface area is 68.0 Å². The first kappa shape index (κ1) is 7.81. The molecule has 0 N–H and O–H groups in total. The molecule has 5 heteroatoms. The minimum atomic E-state index is -0.972. The molecule has 0 aromatic carbocycles. The highest BCUT2D eigenvalue weighted by Gasteiger charge is 2.44. The number of rotatable bonds is 0. The monoisotopic (exact) mass is 176 g/mol. The normalized spacial score (nSPS) is 33.6. The summed E-state index contributed by atoms with van der Waals surface area (Å²) in [4.78, 5) is 31.8. The van der Waals surface area contributed by atoms with Crippen LogP contribution in [-0.4, -0.2) is 27.8 Å². The van der Waals surface area contributed by atoms with E-state index in [9.17, 15) is 14.4 Å². The van der Waals surface area contributed by atoms with E-state index in [1.165, 1.54) is 0 Å². The molecule has 0 amide bonds. The maximum atomic E-state index is 10.6. The van der Waals surface area contributed by atoms with Crippen molar-refractivity contribution >= 4 is 42.6 Å². The molecule has 1 aliphatic rings. The van der Waals surface area contributed by atoms with Gasteiger partial charge in [0, 0.05) is 0 Å². The van der Waals surface area contributed by atoms with Crippen LogP contribution in [0.4, 0.5) is 0 Å². The fourth-order valence-electron chi connectivity index (χ4n) is 0.677. The Bertz CT molecular complexity index is 201. The zero-order chi connectivity index (χ0) is 7.89. The second-order valence-corrected chi connectivity index (χ2v) is 3.06. The summed E-state index contributed by atoms with van der Waals surface area (Å²) < 4.78 is 0. The van der Waals surface area contributed by atoms with Crippen LogP contribution in [0.5, 0.6) is 0 Å². The number of carbonyl (C=O) groups excluding carboxylic acids is 3. The van der Waals surface area contributed by atoms with Crippen LogP contribution >= 0.6 is 25.3 Å². The first-order chi connectivity index (χ1) is 4.55. The Morgan fingerprint density at radius 2 is 1.20 bits per heavy atom. The summed E-state index contributed by atoms with van der Waals surface area (Å²) in [5.74, 6) is -2.46. The Balaban J connectivity index is 3.00. The van der Waals surface area contributed by atoms with Gasteiger partial charge in [-0.15, -0.1) is 0 Å². The van der Waals surface area contributed by atoms with Gasteiger partial charge in [0.2, 0.25) is 11.6 Å². The predicted octanol–water partition coefficient (Wildman–Crippen LogP) is -0.696. The van der Waals surface area contributed by atoms with E-state index in [-0.39, 0.29) is 0 Å². The molecule has 1 fully saturated rings. The average Bonchev–Trinajstić information content (AvgIpc) is 2.07. The van der Waals surface area contributed by atoms with Crippen LogP contribution in [0.15, 0.2) is 0 Å². The van der Waals surface area contributed by atoms with Crippen LogP contribution < -0.4 is 0 Å². The lowest BCUT2D eigenvalue weighted by Crippen LogP contribution is -2.17. The number of carbonyl (C=O) groups is 3. The van der Waals surface area contributed by atoms with E-state index in [4.69, 9.17) is 0 Å². The van der Waals surface area contributed by atoms with E-state index in [1.54, 1.807) is 0 Å². The van der Waals surface area contributed by atoms with Crippen LogP contribution in [0.1, 0.15) is 0 Å². The molecule has 1 rings (SSSR count). The summed E-state index contributed by atoms with van der Waals surface area (Å²) in [6.07, 6.45) is 0. The zero-order valence-electron chi connectivity index (χ0n) is 4.77. The average molecular weight is 176 g/mol.